The molecular weight excluding hydrogens is 547 g/mol. The van der Waals surface area contributed by atoms with E-state index in [4.69, 9.17) is 13.9 Å². The summed E-state index contributed by atoms with van der Waals surface area (Å²) in [6, 6.07) is 8.61. The number of methoxy groups -OCH3 is 1. The topological polar surface area (TPSA) is 75.5 Å². The monoisotopic (exact) mass is 577 g/mol. The summed E-state index contributed by atoms with van der Waals surface area (Å²) in [6.07, 6.45) is -1.24. The molecule has 3 heterocycles. The summed E-state index contributed by atoms with van der Waals surface area (Å²) in [5, 5.41) is 0.646. The molecule has 0 atom stereocenters. The SMILES string of the molecule is COC(=O)c1sc(-n2cnc3cc(CO[Si](C)(C)C(C)(C)C)ncc32)cc1OCc1ccccc1C(F)(F)F. The normalized spacial score (nSPS) is 12.6. The third-order valence-corrected chi connectivity index (χ3v) is 12.5. The molecule has 0 aliphatic carbocycles. The molecule has 3 aromatic heterocycles. The van der Waals surface area contributed by atoms with Gasteiger partial charge in [-0.1, -0.05) is 39.0 Å². The maximum absolute atomic E-state index is 13.4. The molecule has 0 bridgehead atoms. The fourth-order valence-electron chi connectivity index (χ4n) is 3.58. The van der Waals surface area contributed by atoms with Crippen LogP contribution in [0.15, 0.2) is 48.9 Å². The number of esters is 1. The van der Waals surface area contributed by atoms with E-state index in [0.717, 1.165) is 23.1 Å². The third-order valence-electron chi connectivity index (χ3n) is 6.88. The molecule has 4 aromatic rings. The fourth-order valence-corrected chi connectivity index (χ4v) is 5.52. The van der Waals surface area contributed by atoms with E-state index < -0.39 is 26.0 Å². The number of nitrogens with zero attached hydrogens (tertiary/aromatic N) is 3. The van der Waals surface area contributed by atoms with E-state index in [9.17, 15) is 18.0 Å². The first kappa shape index (κ1) is 28.8. The molecule has 12 heteroatoms. The van der Waals surface area contributed by atoms with Gasteiger partial charge in [-0.25, -0.2) is 9.78 Å². The molecule has 0 unspecified atom stereocenters. The van der Waals surface area contributed by atoms with Crippen molar-refractivity contribution in [1.29, 1.82) is 0 Å². The van der Waals surface area contributed by atoms with Crippen LogP contribution in [0.1, 0.15) is 47.3 Å². The van der Waals surface area contributed by atoms with Gasteiger partial charge in [-0.15, -0.1) is 11.3 Å². The van der Waals surface area contributed by atoms with Crippen molar-refractivity contribution in [2.45, 2.75) is 58.3 Å². The second-order valence-electron chi connectivity index (χ2n) is 10.5. The number of pyridine rings is 1. The quantitative estimate of drug-likeness (QED) is 0.161. The Labute approximate surface area is 229 Å². The predicted octanol–water partition coefficient (Wildman–Crippen LogP) is 7.39. The van der Waals surface area contributed by atoms with Gasteiger partial charge in [-0.2, -0.15) is 13.2 Å². The fraction of sp³-hybridized carbons (Fsp3) is 0.370. The Balaban J connectivity index is 1.61. The Bertz CT molecular complexity index is 1490. The van der Waals surface area contributed by atoms with E-state index in [-0.39, 0.29) is 27.8 Å². The summed E-state index contributed by atoms with van der Waals surface area (Å²) < 4.78 is 58.9. The average Bonchev–Trinajstić information content (AvgIpc) is 3.48. The number of hydrogen-bond donors (Lipinski definition) is 0. The van der Waals surface area contributed by atoms with Gasteiger partial charge < -0.3 is 13.9 Å². The minimum atomic E-state index is -4.53. The molecule has 0 aliphatic rings. The Kier molecular flexibility index (Phi) is 7.93. The molecule has 0 fully saturated rings. The van der Waals surface area contributed by atoms with Crippen LogP contribution in [0.25, 0.3) is 16.0 Å². The molecule has 0 radical (unpaired) electrons. The number of benzene rings is 1. The average molecular weight is 578 g/mol. The first-order chi connectivity index (χ1) is 18.2. The highest BCUT2D eigenvalue weighted by Gasteiger charge is 2.37. The van der Waals surface area contributed by atoms with Crippen molar-refractivity contribution in [2.75, 3.05) is 7.11 Å². The van der Waals surface area contributed by atoms with Crippen molar-refractivity contribution >= 4 is 36.7 Å². The number of aromatic nitrogens is 3. The zero-order chi connectivity index (χ0) is 28.6. The number of rotatable bonds is 8. The van der Waals surface area contributed by atoms with Crippen molar-refractivity contribution < 1.29 is 31.9 Å². The highest BCUT2D eigenvalue weighted by Crippen LogP contribution is 2.38. The molecule has 7 nitrogen and oxygen atoms in total. The molecule has 0 N–H and O–H groups in total. The standard InChI is InChI=1S/C27H30F3N3O4SSi/c1-26(2,3)39(5,6)37-15-18-11-20-21(13-31-18)33(16-32-20)23-12-22(24(38-23)25(34)35-4)36-14-17-9-7-8-10-19(17)27(28,29)30/h7-13,16H,14-15H2,1-6H3. The number of thiophene rings is 1. The summed E-state index contributed by atoms with van der Waals surface area (Å²) in [6.45, 7) is 10.9. The van der Waals surface area contributed by atoms with Crippen LogP contribution < -0.4 is 4.74 Å². The Morgan fingerprint density at radius 2 is 1.79 bits per heavy atom. The Morgan fingerprint density at radius 1 is 1.08 bits per heavy atom. The van der Waals surface area contributed by atoms with Crippen molar-refractivity contribution in [1.82, 2.24) is 14.5 Å². The molecule has 39 heavy (non-hydrogen) atoms. The number of imidazole rings is 1. The minimum absolute atomic E-state index is 0.0432. The maximum Gasteiger partial charge on any atom is 0.416 e. The number of carbonyl (C=O) groups is 1. The molecule has 0 spiro atoms. The van der Waals surface area contributed by atoms with Gasteiger partial charge in [-0.05, 0) is 30.3 Å². The second-order valence-corrected chi connectivity index (χ2v) is 16.4. The number of halogens is 3. The number of alkyl halides is 3. The van der Waals surface area contributed by atoms with Crippen LogP contribution in [0.2, 0.25) is 18.1 Å². The maximum atomic E-state index is 13.4. The molecule has 208 valence electrons. The number of fused-ring (bicyclic) bond motifs is 1. The highest BCUT2D eigenvalue weighted by atomic mass is 32.1. The van der Waals surface area contributed by atoms with E-state index >= 15 is 0 Å². The van der Waals surface area contributed by atoms with Gasteiger partial charge in [0.25, 0.3) is 0 Å². The van der Waals surface area contributed by atoms with Gasteiger partial charge in [0, 0.05) is 11.6 Å². The van der Waals surface area contributed by atoms with Crippen LogP contribution in [0, 0.1) is 0 Å². The molecule has 0 saturated carbocycles. The van der Waals surface area contributed by atoms with Crippen molar-refractivity contribution in [3.8, 4) is 10.8 Å². The van der Waals surface area contributed by atoms with Crippen LogP contribution in [0.4, 0.5) is 13.2 Å². The zero-order valence-electron chi connectivity index (χ0n) is 22.5. The van der Waals surface area contributed by atoms with Crippen LogP contribution in [-0.2, 0) is 28.6 Å². The number of hydrogen-bond acceptors (Lipinski definition) is 7. The lowest BCUT2D eigenvalue weighted by Crippen LogP contribution is -2.40. The predicted molar refractivity (Wildman–Crippen MR) is 146 cm³/mol. The molecule has 1 aromatic carbocycles. The lowest BCUT2D eigenvalue weighted by atomic mass is 10.1. The molecular formula is C27H30F3N3O4SSi. The molecule has 0 saturated heterocycles. The summed E-state index contributed by atoms with van der Waals surface area (Å²) in [5.74, 6) is -0.536. The largest absolute Gasteiger partial charge is 0.487 e. The van der Waals surface area contributed by atoms with Crippen molar-refractivity contribution in [3.63, 3.8) is 0 Å². The van der Waals surface area contributed by atoms with Gasteiger partial charge in [0.2, 0.25) is 0 Å². The van der Waals surface area contributed by atoms with E-state index in [1.807, 2.05) is 6.07 Å². The van der Waals surface area contributed by atoms with E-state index in [1.54, 1.807) is 23.2 Å². The first-order valence-corrected chi connectivity index (χ1v) is 15.9. The summed E-state index contributed by atoms with van der Waals surface area (Å²) in [7, 11) is -0.721. The van der Waals surface area contributed by atoms with Gasteiger partial charge >= 0.3 is 12.1 Å². The van der Waals surface area contributed by atoms with Crippen molar-refractivity contribution in [2.24, 2.45) is 0 Å². The summed E-state index contributed by atoms with van der Waals surface area (Å²) >= 11 is 1.08. The highest BCUT2D eigenvalue weighted by molar-refractivity contribution is 7.16. The zero-order valence-corrected chi connectivity index (χ0v) is 24.4. The molecule has 4 rings (SSSR count). The first-order valence-electron chi connectivity index (χ1n) is 12.2. The lowest BCUT2D eigenvalue weighted by Gasteiger charge is -2.36. The van der Waals surface area contributed by atoms with Crippen LogP contribution >= 0.6 is 11.3 Å². The number of carbonyl (C=O) groups excluding carboxylic acids is 1. The summed E-state index contributed by atoms with van der Waals surface area (Å²) in [5.41, 5.74) is 1.30. The van der Waals surface area contributed by atoms with Crippen LogP contribution in [-0.4, -0.2) is 35.9 Å². The van der Waals surface area contributed by atoms with Crippen molar-refractivity contribution in [3.05, 3.63) is 70.6 Å². The molecule has 0 aliphatic heterocycles. The van der Waals surface area contributed by atoms with Gasteiger partial charge in [0.05, 0.1) is 42.2 Å². The summed E-state index contributed by atoms with van der Waals surface area (Å²) in [4.78, 5) is 21.6. The van der Waals surface area contributed by atoms with Crippen LogP contribution in [0.5, 0.6) is 5.75 Å². The number of ether oxygens (including phenoxy) is 2. The molecule has 0 amide bonds. The third kappa shape index (κ3) is 6.18. The minimum Gasteiger partial charge on any atom is -0.487 e. The van der Waals surface area contributed by atoms with Gasteiger partial charge in [0.15, 0.2) is 13.2 Å². The van der Waals surface area contributed by atoms with E-state index in [2.05, 4.69) is 43.8 Å². The Morgan fingerprint density at radius 3 is 2.46 bits per heavy atom. The van der Waals surface area contributed by atoms with Gasteiger partial charge in [0.1, 0.15) is 23.7 Å². The lowest BCUT2D eigenvalue weighted by molar-refractivity contribution is -0.138. The van der Waals surface area contributed by atoms with Gasteiger partial charge in [-0.3, -0.25) is 9.55 Å². The smallest absolute Gasteiger partial charge is 0.416 e. The second kappa shape index (κ2) is 10.7. The van der Waals surface area contributed by atoms with E-state index in [0.29, 0.717) is 22.6 Å². The van der Waals surface area contributed by atoms with E-state index in [1.165, 1.54) is 25.3 Å². The van der Waals surface area contributed by atoms with Crippen LogP contribution in [0.3, 0.4) is 0 Å². The Hall–Kier alpha value is -3.22.